The number of nitrogens with zero attached hydrogens (tertiary/aromatic N) is 1. The number of aromatic nitrogens is 1. The molecule has 5 heteroatoms. The van der Waals surface area contributed by atoms with Crippen LogP contribution in [-0.4, -0.2) is 12.1 Å². The third-order valence-corrected chi connectivity index (χ3v) is 3.20. The quantitative estimate of drug-likeness (QED) is 0.920. The van der Waals surface area contributed by atoms with Crippen LogP contribution in [0.4, 0.5) is 5.69 Å². The van der Waals surface area contributed by atoms with E-state index in [4.69, 9.17) is 27.9 Å². The minimum Gasteiger partial charge on any atom is -0.496 e. The molecular weight excluding hydrogens is 271 g/mol. The number of rotatable bonds is 4. The first-order valence-corrected chi connectivity index (χ1v) is 6.12. The van der Waals surface area contributed by atoms with E-state index < -0.39 is 0 Å². The molecule has 0 spiro atoms. The smallest absolute Gasteiger partial charge is 0.125 e. The molecule has 18 heavy (non-hydrogen) atoms. The number of nitrogens with one attached hydrogen (secondary N) is 1. The zero-order valence-electron chi connectivity index (χ0n) is 9.78. The van der Waals surface area contributed by atoms with Crippen LogP contribution in [0.25, 0.3) is 0 Å². The standard InChI is InChI=1S/C13H12Cl2N2O/c1-18-13-4-2-3-10(14)9(13)7-17-12-8-16-6-5-11(12)15/h2-6,8,17H,7H2,1H3. The van der Waals surface area contributed by atoms with Crippen LogP contribution in [-0.2, 0) is 6.54 Å². The van der Waals surface area contributed by atoms with Crippen LogP contribution in [0.2, 0.25) is 10.0 Å². The summed E-state index contributed by atoms with van der Waals surface area (Å²) >= 11 is 12.2. The monoisotopic (exact) mass is 282 g/mol. The van der Waals surface area contributed by atoms with Gasteiger partial charge in [-0.05, 0) is 18.2 Å². The van der Waals surface area contributed by atoms with Gasteiger partial charge >= 0.3 is 0 Å². The lowest BCUT2D eigenvalue weighted by atomic mass is 10.2. The van der Waals surface area contributed by atoms with Gasteiger partial charge in [-0.2, -0.15) is 0 Å². The molecule has 3 nitrogen and oxygen atoms in total. The number of anilines is 1. The molecular formula is C13H12Cl2N2O. The third-order valence-electron chi connectivity index (χ3n) is 2.52. The van der Waals surface area contributed by atoms with Gasteiger partial charge < -0.3 is 10.1 Å². The number of hydrogen-bond donors (Lipinski definition) is 1. The fourth-order valence-electron chi connectivity index (χ4n) is 1.59. The van der Waals surface area contributed by atoms with Gasteiger partial charge in [0, 0.05) is 23.3 Å². The summed E-state index contributed by atoms with van der Waals surface area (Å²) in [6.07, 6.45) is 3.31. The van der Waals surface area contributed by atoms with E-state index in [0.29, 0.717) is 16.6 Å². The molecule has 0 amide bonds. The largest absolute Gasteiger partial charge is 0.496 e. The highest BCUT2D eigenvalue weighted by atomic mass is 35.5. The highest BCUT2D eigenvalue weighted by molar-refractivity contribution is 6.33. The molecule has 0 unspecified atom stereocenters. The Kier molecular flexibility index (Phi) is 4.28. The van der Waals surface area contributed by atoms with Crippen molar-refractivity contribution < 1.29 is 4.74 Å². The highest BCUT2D eigenvalue weighted by Gasteiger charge is 2.08. The molecule has 1 heterocycles. The molecule has 0 saturated heterocycles. The second kappa shape index (κ2) is 5.94. The second-order valence-electron chi connectivity index (χ2n) is 3.63. The van der Waals surface area contributed by atoms with Crippen LogP contribution in [0.15, 0.2) is 36.7 Å². The number of benzene rings is 1. The molecule has 0 saturated carbocycles. The summed E-state index contributed by atoms with van der Waals surface area (Å²) in [5.74, 6) is 0.745. The van der Waals surface area contributed by atoms with Crippen molar-refractivity contribution in [2.75, 3.05) is 12.4 Å². The molecule has 1 aromatic heterocycles. The minimum atomic E-state index is 0.522. The number of hydrogen-bond acceptors (Lipinski definition) is 3. The molecule has 0 fully saturated rings. The number of halogens is 2. The topological polar surface area (TPSA) is 34.1 Å². The van der Waals surface area contributed by atoms with E-state index in [1.54, 1.807) is 25.6 Å². The van der Waals surface area contributed by atoms with Crippen LogP contribution in [0.3, 0.4) is 0 Å². The molecule has 0 atom stereocenters. The summed E-state index contributed by atoms with van der Waals surface area (Å²) in [7, 11) is 1.62. The zero-order chi connectivity index (χ0) is 13.0. The van der Waals surface area contributed by atoms with E-state index in [-0.39, 0.29) is 0 Å². The maximum atomic E-state index is 6.15. The molecule has 94 valence electrons. The van der Waals surface area contributed by atoms with Crippen molar-refractivity contribution in [3.8, 4) is 5.75 Å². The molecule has 0 bridgehead atoms. The molecule has 0 radical (unpaired) electrons. The molecule has 1 aromatic carbocycles. The molecule has 0 aliphatic rings. The summed E-state index contributed by atoms with van der Waals surface area (Å²) in [5, 5.41) is 4.46. The fourth-order valence-corrected chi connectivity index (χ4v) is 2.00. The van der Waals surface area contributed by atoms with Gasteiger partial charge in [0.15, 0.2) is 0 Å². The van der Waals surface area contributed by atoms with Gasteiger partial charge in [0.1, 0.15) is 5.75 Å². The van der Waals surface area contributed by atoms with Gasteiger partial charge in [0.25, 0.3) is 0 Å². The molecule has 2 aromatic rings. The lowest BCUT2D eigenvalue weighted by Crippen LogP contribution is -2.03. The van der Waals surface area contributed by atoms with Crippen LogP contribution >= 0.6 is 23.2 Å². The van der Waals surface area contributed by atoms with Gasteiger partial charge in [-0.15, -0.1) is 0 Å². The van der Waals surface area contributed by atoms with Crippen molar-refractivity contribution in [1.82, 2.24) is 4.98 Å². The van der Waals surface area contributed by atoms with E-state index in [0.717, 1.165) is 17.0 Å². The van der Waals surface area contributed by atoms with Crippen molar-refractivity contribution in [2.45, 2.75) is 6.54 Å². The first-order valence-electron chi connectivity index (χ1n) is 5.37. The first-order chi connectivity index (χ1) is 8.72. The normalized spacial score (nSPS) is 10.2. The predicted molar refractivity (Wildman–Crippen MR) is 74.6 cm³/mol. The fraction of sp³-hybridized carbons (Fsp3) is 0.154. The Balaban J connectivity index is 2.18. The van der Waals surface area contributed by atoms with Crippen LogP contribution in [0, 0.1) is 0 Å². The number of ether oxygens (including phenoxy) is 1. The Morgan fingerprint density at radius 3 is 2.78 bits per heavy atom. The Morgan fingerprint density at radius 1 is 1.22 bits per heavy atom. The van der Waals surface area contributed by atoms with Gasteiger partial charge in [0.05, 0.1) is 24.0 Å². The second-order valence-corrected chi connectivity index (χ2v) is 4.44. The zero-order valence-corrected chi connectivity index (χ0v) is 11.3. The lowest BCUT2D eigenvalue weighted by molar-refractivity contribution is 0.410. The summed E-state index contributed by atoms with van der Waals surface area (Å²) < 4.78 is 5.27. The van der Waals surface area contributed by atoms with Crippen molar-refractivity contribution in [2.24, 2.45) is 0 Å². The summed E-state index contributed by atoms with van der Waals surface area (Å²) in [4.78, 5) is 4.01. The molecule has 2 rings (SSSR count). The highest BCUT2D eigenvalue weighted by Crippen LogP contribution is 2.28. The maximum absolute atomic E-state index is 6.15. The van der Waals surface area contributed by atoms with E-state index in [1.165, 1.54) is 0 Å². The summed E-state index contributed by atoms with van der Waals surface area (Å²) in [6, 6.07) is 7.27. The maximum Gasteiger partial charge on any atom is 0.125 e. The van der Waals surface area contributed by atoms with E-state index in [2.05, 4.69) is 10.3 Å². The average Bonchev–Trinajstić information content (AvgIpc) is 2.39. The first kappa shape index (κ1) is 13.0. The van der Waals surface area contributed by atoms with Crippen LogP contribution in [0.1, 0.15) is 5.56 Å². The summed E-state index contributed by atoms with van der Waals surface area (Å²) in [6.45, 7) is 0.522. The van der Waals surface area contributed by atoms with Gasteiger partial charge in [-0.3, -0.25) is 4.98 Å². The predicted octanol–water partition coefficient (Wildman–Crippen LogP) is 4.01. The SMILES string of the molecule is COc1cccc(Cl)c1CNc1cnccc1Cl. The Hall–Kier alpha value is -1.45. The van der Waals surface area contributed by atoms with Gasteiger partial charge in [-0.1, -0.05) is 29.3 Å². The van der Waals surface area contributed by atoms with Crippen molar-refractivity contribution >= 4 is 28.9 Å². The van der Waals surface area contributed by atoms with Gasteiger partial charge in [-0.25, -0.2) is 0 Å². The van der Waals surface area contributed by atoms with E-state index in [1.807, 2.05) is 18.2 Å². The lowest BCUT2D eigenvalue weighted by Gasteiger charge is -2.12. The average molecular weight is 283 g/mol. The Bertz CT molecular complexity index is 546. The van der Waals surface area contributed by atoms with Crippen LogP contribution in [0.5, 0.6) is 5.75 Å². The molecule has 1 N–H and O–H groups in total. The van der Waals surface area contributed by atoms with E-state index in [9.17, 15) is 0 Å². The number of pyridine rings is 1. The third kappa shape index (κ3) is 2.86. The summed E-state index contributed by atoms with van der Waals surface area (Å²) in [5.41, 5.74) is 1.66. The Labute approximate surface area is 116 Å². The Morgan fingerprint density at radius 2 is 2.06 bits per heavy atom. The van der Waals surface area contributed by atoms with Crippen molar-refractivity contribution in [3.05, 3.63) is 52.3 Å². The van der Waals surface area contributed by atoms with Crippen LogP contribution < -0.4 is 10.1 Å². The van der Waals surface area contributed by atoms with E-state index >= 15 is 0 Å². The molecule has 0 aliphatic heterocycles. The van der Waals surface area contributed by atoms with Crippen molar-refractivity contribution in [3.63, 3.8) is 0 Å². The van der Waals surface area contributed by atoms with Gasteiger partial charge in [0.2, 0.25) is 0 Å². The van der Waals surface area contributed by atoms with Crippen molar-refractivity contribution in [1.29, 1.82) is 0 Å². The number of methoxy groups -OCH3 is 1. The molecule has 0 aliphatic carbocycles. The minimum absolute atomic E-state index is 0.522.